The molecular weight excluding hydrogens is 352 g/mol. The van der Waals surface area contributed by atoms with Gasteiger partial charge in [-0.25, -0.2) is 0 Å². The van der Waals surface area contributed by atoms with Crippen molar-refractivity contribution in [1.29, 1.82) is 0 Å². The van der Waals surface area contributed by atoms with E-state index in [0.717, 1.165) is 47.3 Å². The molecule has 2 rings (SSSR count). The van der Waals surface area contributed by atoms with Gasteiger partial charge in [0.05, 0.1) is 5.60 Å². The molecule has 2 fully saturated rings. The average Bonchev–Trinajstić information content (AvgIpc) is 2.77. The molecule has 0 saturated heterocycles. The normalized spacial score (nSPS) is 40.8. The Morgan fingerprint density at radius 1 is 0.538 bits per heavy atom. The second kappa shape index (κ2) is 11.6. The van der Waals surface area contributed by atoms with Crippen LogP contribution in [0.4, 0.5) is 0 Å². The first-order valence-electron chi connectivity index (χ1n) is 10.5. The molecule has 26 heavy (non-hydrogen) atoms. The molecule has 0 spiro atoms. The second-order valence-electron chi connectivity index (χ2n) is 10.3. The van der Waals surface area contributed by atoms with Crippen LogP contribution in [0.1, 0.15) is 90.0 Å². The molecule has 2 heteroatoms. The van der Waals surface area contributed by atoms with Gasteiger partial charge >= 0.3 is 21.7 Å². The molecule has 154 valence electrons. The summed E-state index contributed by atoms with van der Waals surface area (Å²) in [6.07, 6.45) is 0. The third-order valence-electron chi connectivity index (χ3n) is 7.69. The molecule has 1 nitrogen and oxygen atoms in total. The van der Waals surface area contributed by atoms with Gasteiger partial charge < -0.3 is 16.9 Å². The van der Waals surface area contributed by atoms with Crippen molar-refractivity contribution < 1.29 is 26.8 Å². The number of rotatable bonds is 0. The first-order chi connectivity index (χ1) is 11.1. The first-order valence-corrected chi connectivity index (χ1v) is 10.5. The van der Waals surface area contributed by atoms with Crippen molar-refractivity contribution in [1.82, 2.24) is 0 Å². The SMILES string of the molecule is CC(C)(C)O.C[C-]1C(C)C(C)C(C)C1C.C[C-]1C(C)C(C)C(C)C1C.[Ti+2]. The molecule has 2 aliphatic rings. The van der Waals surface area contributed by atoms with Crippen LogP contribution in [0.15, 0.2) is 0 Å². The number of hydrogen-bond donors (Lipinski definition) is 1. The van der Waals surface area contributed by atoms with Gasteiger partial charge in [0.25, 0.3) is 0 Å². The summed E-state index contributed by atoms with van der Waals surface area (Å²) in [4.78, 5) is 0. The minimum absolute atomic E-state index is 0. The molecule has 2 aliphatic carbocycles. The molecule has 0 aromatic carbocycles. The zero-order chi connectivity index (χ0) is 20.3. The minimum atomic E-state index is -0.500. The Morgan fingerprint density at radius 2 is 0.654 bits per heavy atom. The minimum Gasteiger partial charge on any atom is -0.391 e. The average molecular weight is 401 g/mol. The van der Waals surface area contributed by atoms with E-state index in [1.165, 1.54) is 0 Å². The summed E-state index contributed by atoms with van der Waals surface area (Å²) in [5, 5.41) is 8.52. The van der Waals surface area contributed by atoms with Crippen LogP contribution in [0.5, 0.6) is 0 Å². The van der Waals surface area contributed by atoms with Crippen LogP contribution in [0, 0.1) is 59.2 Å². The zero-order valence-electron chi connectivity index (χ0n) is 20.1. The Kier molecular flexibility index (Phi) is 12.9. The molecule has 2 saturated carbocycles. The Bertz CT molecular complexity index is 249. The molecule has 0 amide bonds. The molecule has 8 unspecified atom stereocenters. The van der Waals surface area contributed by atoms with E-state index < -0.39 is 5.60 Å². The summed E-state index contributed by atoms with van der Waals surface area (Å²) in [6, 6.07) is 0. The molecule has 8 atom stereocenters. The third kappa shape index (κ3) is 8.36. The summed E-state index contributed by atoms with van der Waals surface area (Å²) in [5.41, 5.74) is -0.500. The van der Waals surface area contributed by atoms with Crippen molar-refractivity contribution in [2.45, 2.75) is 95.6 Å². The van der Waals surface area contributed by atoms with Crippen LogP contribution >= 0.6 is 0 Å². The van der Waals surface area contributed by atoms with Crippen LogP contribution in [0.25, 0.3) is 0 Å². The van der Waals surface area contributed by atoms with Gasteiger partial charge in [-0.2, -0.15) is 37.5 Å². The monoisotopic (exact) mass is 400 g/mol. The van der Waals surface area contributed by atoms with E-state index in [4.69, 9.17) is 5.11 Å². The maximum Gasteiger partial charge on any atom is 2.00 e. The van der Waals surface area contributed by atoms with Gasteiger partial charge in [-0.15, -0.1) is 0 Å². The van der Waals surface area contributed by atoms with Gasteiger partial charge in [-0.05, 0) is 20.8 Å². The van der Waals surface area contributed by atoms with Crippen molar-refractivity contribution in [3.05, 3.63) is 11.8 Å². The Balaban J connectivity index is 0. The molecule has 0 aromatic heterocycles. The van der Waals surface area contributed by atoms with E-state index in [1.807, 2.05) is 0 Å². The van der Waals surface area contributed by atoms with Gasteiger partial charge in [0.1, 0.15) is 0 Å². The number of aliphatic hydroxyl groups is 1. The van der Waals surface area contributed by atoms with Crippen LogP contribution in [-0.2, 0) is 21.7 Å². The molecule has 0 aromatic rings. The standard InChI is InChI=1S/2C10H19.C4H10O.Ti/c2*1-6-7(2)9(4)10(5)8(6)3;1-4(2,3)5;/h2*6-9H,1-5H3;5H,1-3H3;/q2*-1;;+2. The smallest absolute Gasteiger partial charge is 0.391 e. The van der Waals surface area contributed by atoms with E-state index in [-0.39, 0.29) is 21.7 Å². The summed E-state index contributed by atoms with van der Waals surface area (Å²) < 4.78 is 0. The van der Waals surface area contributed by atoms with E-state index >= 15 is 0 Å². The van der Waals surface area contributed by atoms with Gasteiger partial charge in [-0.3, -0.25) is 0 Å². The van der Waals surface area contributed by atoms with Gasteiger partial charge in [0.15, 0.2) is 0 Å². The van der Waals surface area contributed by atoms with Crippen LogP contribution in [0.2, 0.25) is 0 Å². The summed E-state index contributed by atoms with van der Waals surface area (Å²) in [6.45, 7) is 28.8. The number of hydrogen-bond acceptors (Lipinski definition) is 1. The summed E-state index contributed by atoms with van der Waals surface area (Å²) >= 11 is 0. The maximum absolute atomic E-state index is 8.52. The van der Waals surface area contributed by atoms with Gasteiger partial charge in [0.2, 0.25) is 0 Å². The van der Waals surface area contributed by atoms with E-state index in [0.29, 0.717) is 0 Å². The molecule has 1 N–H and O–H groups in total. The maximum atomic E-state index is 8.52. The van der Waals surface area contributed by atoms with Gasteiger partial charge in [-0.1, -0.05) is 79.1 Å². The fourth-order valence-corrected chi connectivity index (χ4v) is 4.31. The van der Waals surface area contributed by atoms with E-state index in [1.54, 1.807) is 32.6 Å². The van der Waals surface area contributed by atoms with Crippen LogP contribution in [-0.4, -0.2) is 10.7 Å². The van der Waals surface area contributed by atoms with Crippen molar-refractivity contribution in [3.8, 4) is 0 Å². The van der Waals surface area contributed by atoms with Crippen molar-refractivity contribution in [2.24, 2.45) is 47.3 Å². The van der Waals surface area contributed by atoms with Crippen molar-refractivity contribution >= 4 is 0 Å². The van der Waals surface area contributed by atoms with E-state index in [9.17, 15) is 0 Å². The zero-order valence-corrected chi connectivity index (χ0v) is 21.6. The molecule has 0 bridgehead atoms. The predicted octanol–water partition coefficient (Wildman–Crippen LogP) is 7.05. The Morgan fingerprint density at radius 3 is 0.692 bits per heavy atom. The Hall–Kier alpha value is 0.674. The van der Waals surface area contributed by atoms with E-state index in [2.05, 4.69) is 69.2 Å². The second-order valence-corrected chi connectivity index (χ2v) is 10.3. The van der Waals surface area contributed by atoms with Crippen LogP contribution in [0.3, 0.4) is 0 Å². The molecular formula is C24H48OTi. The quantitative estimate of drug-likeness (QED) is 0.341. The topological polar surface area (TPSA) is 20.2 Å². The van der Waals surface area contributed by atoms with Crippen LogP contribution < -0.4 is 0 Å². The summed E-state index contributed by atoms with van der Waals surface area (Å²) in [5.74, 6) is 10.4. The van der Waals surface area contributed by atoms with Gasteiger partial charge in [0, 0.05) is 0 Å². The largest absolute Gasteiger partial charge is 2.00 e. The molecule has 0 radical (unpaired) electrons. The predicted molar refractivity (Wildman–Crippen MR) is 113 cm³/mol. The van der Waals surface area contributed by atoms with Crippen molar-refractivity contribution in [3.63, 3.8) is 0 Å². The van der Waals surface area contributed by atoms with Crippen molar-refractivity contribution in [2.75, 3.05) is 0 Å². The first kappa shape index (κ1) is 28.9. The fraction of sp³-hybridized carbons (Fsp3) is 0.917. The summed E-state index contributed by atoms with van der Waals surface area (Å²) in [7, 11) is 0. The third-order valence-corrected chi connectivity index (χ3v) is 7.69. The molecule has 0 aliphatic heterocycles. The molecule has 0 heterocycles. The fourth-order valence-electron chi connectivity index (χ4n) is 4.31. The Labute approximate surface area is 181 Å².